The molecule has 1 N–H and O–H groups in total. The predicted octanol–water partition coefficient (Wildman–Crippen LogP) is 6.30. The van der Waals surface area contributed by atoms with E-state index in [2.05, 4.69) is 69.0 Å². The van der Waals surface area contributed by atoms with Crippen LogP contribution in [0.1, 0.15) is 15.9 Å². The maximum atomic E-state index is 12.4. The quantitative estimate of drug-likeness (QED) is 0.489. The van der Waals surface area contributed by atoms with Gasteiger partial charge in [0.1, 0.15) is 0 Å². The van der Waals surface area contributed by atoms with Gasteiger partial charge in [-0.1, -0.05) is 15.9 Å². The van der Waals surface area contributed by atoms with Gasteiger partial charge in [-0.15, -0.1) is 0 Å². The van der Waals surface area contributed by atoms with Gasteiger partial charge in [0.2, 0.25) is 0 Å². The van der Waals surface area contributed by atoms with Gasteiger partial charge in [0.15, 0.2) is 0 Å². The molecular weight excluding hydrogens is 518 g/mol. The standard InChI is InChI=1S/C14H9Br4NO/c1-7-4-11(17)13(12(18)5-7)19-14(20)9-6-8(15)2-3-10(9)16/h2-6H,1H3,(H,19,20). The van der Waals surface area contributed by atoms with Crippen molar-refractivity contribution in [1.82, 2.24) is 0 Å². The van der Waals surface area contributed by atoms with Crippen molar-refractivity contribution in [3.05, 3.63) is 59.3 Å². The van der Waals surface area contributed by atoms with Crippen molar-refractivity contribution >= 4 is 75.3 Å². The summed E-state index contributed by atoms with van der Waals surface area (Å²) in [5.41, 5.74) is 2.39. The summed E-state index contributed by atoms with van der Waals surface area (Å²) in [5, 5.41) is 2.91. The minimum Gasteiger partial charge on any atom is -0.320 e. The third kappa shape index (κ3) is 3.72. The first-order chi connectivity index (χ1) is 9.38. The Bertz CT molecular complexity index is 662. The highest BCUT2D eigenvalue weighted by molar-refractivity contribution is 9.11. The number of benzene rings is 2. The number of amides is 1. The van der Waals surface area contributed by atoms with Crippen molar-refractivity contribution < 1.29 is 4.79 Å². The first-order valence-corrected chi connectivity index (χ1v) is 8.77. The lowest BCUT2D eigenvalue weighted by atomic mass is 10.2. The minimum absolute atomic E-state index is 0.177. The highest BCUT2D eigenvalue weighted by atomic mass is 79.9. The van der Waals surface area contributed by atoms with Crippen LogP contribution in [0.3, 0.4) is 0 Å². The molecule has 0 bridgehead atoms. The summed E-state index contributed by atoms with van der Waals surface area (Å²) in [6.45, 7) is 1.99. The van der Waals surface area contributed by atoms with Crippen LogP contribution in [-0.2, 0) is 0 Å². The molecule has 0 saturated carbocycles. The van der Waals surface area contributed by atoms with Crippen LogP contribution >= 0.6 is 63.7 Å². The van der Waals surface area contributed by atoms with Crippen LogP contribution in [0.2, 0.25) is 0 Å². The number of nitrogens with one attached hydrogen (secondary N) is 1. The SMILES string of the molecule is Cc1cc(Br)c(NC(=O)c2cc(Br)ccc2Br)c(Br)c1. The van der Waals surface area contributed by atoms with Crippen molar-refractivity contribution in [3.8, 4) is 0 Å². The van der Waals surface area contributed by atoms with Crippen LogP contribution in [0.5, 0.6) is 0 Å². The van der Waals surface area contributed by atoms with Gasteiger partial charge < -0.3 is 5.32 Å². The summed E-state index contributed by atoms with van der Waals surface area (Å²) >= 11 is 13.7. The van der Waals surface area contributed by atoms with Gasteiger partial charge in [0.05, 0.1) is 11.3 Å². The molecule has 6 heteroatoms. The summed E-state index contributed by atoms with van der Waals surface area (Å²) < 4.78 is 3.28. The van der Waals surface area contributed by atoms with Crippen LogP contribution in [-0.4, -0.2) is 5.91 Å². The van der Waals surface area contributed by atoms with Crippen LogP contribution in [0.25, 0.3) is 0 Å². The van der Waals surface area contributed by atoms with Crippen molar-refractivity contribution in [2.75, 3.05) is 5.32 Å². The van der Waals surface area contributed by atoms with Gasteiger partial charge in [0, 0.05) is 17.9 Å². The average molecular weight is 527 g/mol. The molecule has 0 aliphatic heterocycles. The van der Waals surface area contributed by atoms with Crippen molar-refractivity contribution in [1.29, 1.82) is 0 Å². The van der Waals surface area contributed by atoms with Crippen molar-refractivity contribution in [2.24, 2.45) is 0 Å². The second kappa shape index (κ2) is 6.73. The van der Waals surface area contributed by atoms with Gasteiger partial charge in [-0.3, -0.25) is 4.79 Å². The lowest BCUT2D eigenvalue weighted by Gasteiger charge is -2.12. The second-order valence-corrected chi connectivity index (χ2v) is 7.66. The molecule has 2 aromatic carbocycles. The molecular formula is C14H9Br4NO. The van der Waals surface area contributed by atoms with E-state index in [1.165, 1.54) is 0 Å². The van der Waals surface area contributed by atoms with Gasteiger partial charge >= 0.3 is 0 Å². The van der Waals surface area contributed by atoms with Gasteiger partial charge in [-0.05, 0) is 90.6 Å². The highest BCUT2D eigenvalue weighted by Gasteiger charge is 2.14. The molecule has 0 unspecified atom stereocenters. The van der Waals surface area contributed by atoms with Crippen LogP contribution in [0, 0.1) is 6.92 Å². The Balaban J connectivity index is 2.35. The van der Waals surface area contributed by atoms with E-state index < -0.39 is 0 Å². The van der Waals surface area contributed by atoms with Crippen LogP contribution in [0.4, 0.5) is 5.69 Å². The van der Waals surface area contributed by atoms with E-state index in [0.717, 1.165) is 23.5 Å². The van der Waals surface area contributed by atoms with E-state index in [-0.39, 0.29) is 5.91 Å². The molecule has 0 fully saturated rings. The van der Waals surface area contributed by atoms with E-state index in [9.17, 15) is 4.79 Å². The third-order valence-corrected chi connectivity index (χ3v) is 5.03. The summed E-state index contributed by atoms with van der Waals surface area (Å²) in [7, 11) is 0. The number of carbonyl (C=O) groups is 1. The molecule has 2 aromatic rings. The van der Waals surface area contributed by atoms with E-state index in [1.54, 1.807) is 6.07 Å². The van der Waals surface area contributed by atoms with Crippen LogP contribution < -0.4 is 5.32 Å². The molecule has 0 saturated heterocycles. The smallest absolute Gasteiger partial charge is 0.256 e. The maximum Gasteiger partial charge on any atom is 0.256 e. The largest absolute Gasteiger partial charge is 0.320 e. The number of aryl methyl sites for hydroxylation is 1. The predicted molar refractivity (Wildman–Crippen MR) is 96.4 cm³/mol. The Labute approximate surface area is 150 Å². The molecule has 20 heavy (non-hydrogen) atoms. The summed E-state index contributed by atoms with van der Waals surface area (Å²) in [5.74, 6) is -0.177. The summed E-state index contributed by atoms with van der Waals surface area (Å²) in [6.07, 6.45) is 0. The summed E-state index contributed by atoms with van der Waals surface area (Å²) in [4.78, 5) is 12.4. The average Bonchev–Trinajstić information content (AvgIpc) is 2.36. The number of hydrogen-bond donors (Lipinski definition) is 1. The number of anilines is 1. The zero-order valence-corrected chi connectivity index (χ0v) is 16.7. The van der Waals surface area contributed by atoms with Gasteiger partial charge in [0.25, 0.3) is 5.91 Å². The van der Waals surface area contributed by atoms with Gasteiger partial charge in [-0.2, -0.15) is 0 Å². The molecule has 0 aliphatic rings. The summed E-state index contributed by atoms with van der Waals surface area (Å²) in [6, 6.07) is 9.39. The van der Waals surface area contributed by atoms with E-state index in [4.69, 9.17) is 0 Å². The Morgan fingerprint density at radius 2 is 1.55 bits per heavy atom. The Morgan fingerprint density at radius 1 is 0.950 bits per heavy atom. The van der Waals surface area contributed by atoms with Crippen molar-refractivity contribution in [3.63, 3.8) is 0 Å². The number of carbonyl (C=O) groups excluding carboxylic acids is 1. The zero-order chi connectivity index (χ0) is 14.9. The Kier molecular flexibility index (Phi) is 5.45. The second-order valence-electron chi connectivity index (χ2n) is 4.18. The van der Waals surface area contributed by atoms with Gasteiger partial charge in [-0.25, -0.2) is 0 Å². The lowest BCUT2D eigenvalue weighted by molar-refractivity contribution is 0.102. The molecule has 0 aromatic heterocycles. The van der Waals surface area contributed by atoms with Crippen LogP contribution in [0.15, 0.2) is 48.2 Å². The fourth-order valence-electron chi connectivity index (χ4n) is 1.67. The normalized spacial score (nSPS) is 10.4. The number of rotatable bonds is 2. The molecule has 2 nitrogen and oxygen atoms in total. The molecule has 0 heterocycles. The molecule has 104 valence electrons. The molecule has 0 spiro atoms. The first kappa shape index (κ1) is 16.2. The van der Waals surface area contributed by atoms with Crippen molar-refractivity contribution in [2.45, 2.75) is 6.92 Å². The van der Waals surface area contributed by atoms with E-state index >= 15 is 0 Å². The molecule has 0 radical (unpaired) electrons. The first-order valence-electron chi connectivity index (χ1n) is 5.60. The van der Waals surface area contributed by atoms with E-state index in [1.807, 2.05) is 31.2 Å². The molecule has 1 amide bonds. The van der Waals surface area contributed by atoms with E-state index in [0.29, 0.717) is 11.3 Å². The zero-order valence-electron chi connectivity index (χ0n) is 10.3. The maximum absolute atomic E-state index is 12.4. The lowest BCUT2D eigenvalue weighted by Crippen LogP contribution is -2.13. The topological polar surface area (TPSA) is 29.1 Å². The molecule has 0 aliphatic carbocycles. The number of hydrogen-bond acceptors (Lipinski definition) is 1. The fraction of sp³-hybridized carbons (Fsp3) is 0.0714. The molecule has 0 atom stereocenters. The Hall–Kier alpha value is -0.170. The Morgan fingerprint density at radius 3 is 2.15 bits per heavy atom. The minimum atomic E-state index is -0.177. The fourth-order valence-corrected chi connectivity index (χ4v) is 4.07. The monoisotopic (exact) mass is 523 g/mol. The number of halogens is 4. The third-order valence-electron chi connectivity index (χ3n) is 2.60. The molecule has 2 rings (SSSR count). The highest BCUT2D eigenvalue weighted by Crippen LogP contribution is 2.33.